The van der Waals surface area contributed by atoms with Gasteiger partial charge in [0.05, 0.1) is 7.11 Å². The van der Waals surface area contributed by atoms with E-state index in [4.69, 9.17) is 4.74 Å². The monoisotopic (exact) mass is 286 g/mol. The highest BCUT2D eigenvalue weighted by Gasteiger charge is 2.13. The third kappa shape index (κ3) is 3.72. The number of pyridine rings is 1. The lowest BCUT2D eigenvalue weighted by Crippen LogP contribution is -2.28. The smallest absolute Gasteiger partial charge is 0.253 e. The summed E-state index contributed by atoms with van der Waals surface area (Å²) in [5.41, 5.74) is 1.56. The number of carbonyl (C=O) groups is 1. The summed E-state index contributed by atoms with van der Waals surface area (Å²) in [6.45, 7) is 0.593. The Balaban J connectivity index is 2.00. The number of aromatic hydroxyl groups is 1. The third-order valence-corrected chi connectivity index (χ3v) is 3.26. The predicted molar refractivity (Wildman–Crippen MR) is 79.6 cm³/mol. The van der Waals surface area contributed by atoms with Gasteiger partial charge in [0.1, 0.15) is 0 Å². The standard InChI is InChI=1S/C16H18N2O3/c1-18(10-7-12-5-8-17-9-6-12)16(20)13-3-4-15(21-2)14(19)11-13/h3-6,8-9,11,19H,7,10H2,1-2H3. The minimum Gasteiger partial charge on any atom is -0.504 e. The predicted octanol–water partition coefficient (Wildman–Crippen LogP) is 2.11. The van der Waals surface area contributed by atoms with Crippen molar-refractivity contribution in [3.63, 3.8) is 0 Å². The van der Waals surface area contributed by atoms with Crippen molar-refractivity contribution < 1.29 is 14.6 Å². The maximum Gasteiger partial charge on any atom is 0.253 e. The summed E-state index contributed by atoms with van der Waals surface area (Å²) in [6.07, 6.45) is 4.23. The zero-order valence-electron chi connectivity index (χ0n) is 12.1. The molecule has 21 heavy (non-hydrogen) atoms. The van der Waals surface area contributed by atoms with Gasteiger partial charge in [0.2, 0.25) is 0 Å². The average molecular weight is 286 g/mol. The first-order valence-electron chi connectivity index (χ1n) is 6.63. The Morgan fingerprint density at radius 1 is 1.29 bits per heavy atom. The summed E-state index contributed by atoms with van der Waals surface area (Å²) in [7, 11) is 3.21. The van der Waals surface area contributed by atoms with Gasteiger partial charge in [0, 0.05) is 31.5 Å². The summed E-state index contributed by atoms with van der Waals surface area (Å²) < 4.78 is 4.96. The van der Waals surface area contributed by atoms with Crippen LogP contribution in [0.15, 0.2) is 42.7 Å². The van der Waals surface area contributed by atoms with Crippen molar-refractivity contribution in [2.45, 2.75) is 6.42 Å². The van der Waals surface area contributed by atoms with Crippen LogP contribution in [0.2, 0.25) is 0 Å². The van der Waals surface area contributed by atoms with Gasteiger partial charge in [-0.25, -0.2) is 0 Å². The number of likely N-dealkylation sites (N-methyl/N-ethyl adjacent to an activating group) is 1. The van der Waals surface area contributed by atoms with Crippen LogP contribution in [0.25, 0.3) is 0 Å². The zero-order valence-corrected chi connectivity index (χ0v) is 12.1. The van der Waals surface area contributed by atoms with Gasteiger partial charge >= 0.3 is 0 Å². The summed E-state index contributed by atoms with van der Waals surface area (Å²) >= 11 is 0. The highest BCUT2D eigenvalue weighted by Crippen LogP contribution is 2.26. The number of phenolic OH excluding ortho intramolecular Hbond substituents is 1. The molecule has 5 nitrogen and oxygen atoms in total. The van der Waals surface area contributed by atoms with Crippen LogP contribution in [0.3, 0.4) is 0 Å². The molecule has 1 aromatic carbocycles. The maximum absolute atomic E-state index is 12.3. The van der Waals surface area contributed by atoms with Crippen LogP contribution in [0.5, 0.6) is 11.5 Å². The number of aromatic nitrogens is 1. The Labute approximate surface area is 123 Å². The fraction of sp³-hybridized carbons (Fsp3) is 0.250. The van der Waals surface area contributed by atoms with E-state index in [-0.39, 0.29) is 11.7 Å². The van der Waals surface area contributed by atoms with E-state index < -0.39 is 0 Å². The van der Waals surface area contributed by atoms with E-state index in [1.165, 1.54) is 13.2 Å². The first-order valence-corrected chi connectivity index (χ1v) is 6.63. The molecule has 0 unspecified atom stereocenters. The zero-order chi connectivity index (χ0) is 15.2. The molecule has 1 amide bonds. The number of phenols is 1. The second-order valence-electron chi connectivity index (χ2n) is 4.72. The van der Waals surface area contributed by atoms with E-state index in [0.29, 0.717) is 17.9 Å². The molecule has 110 valence electrons. The normalized spacial score (nSPS) is 10.2. The molecule has 0 aliphatic rings. The number of ether oxygens (including phenoxy) is 1. The number of hydrogen-bond acceptors (Lipinski definition) is 4. The largest absolute Gasteiger partial charge is 0.504 e. The first kappa shape index (κ1) is 14.8. The van der Waals surface area contributed by atoms with Gasteiger partial charge in [-0.3, -0.25) is 9.78 Å². The minimum absolute atomic E-state index is 0.0362. The molecule has 0 saturated heterocycles. The van der Waals surface area contributed by atoms with Gasteiger partial charge in [-0.1, -0.05) is 0 Å². The van der Waals surface area contributed by atoms with E-state index in [0.717, 1.165) is 12.0 Å². The fourth-order valence-corrected chi connectivity index (χ4v) is 1.99. The Hall–Kier alpha value is -2.56. The highest BCUT2D eigenvalue weighted by molar-refractivity contribution is 5.94. The summed E-state index contributed by atoms with van der Waals surface area (Å²) in [5.74, 6) is 0.180. The number of benzene rings is 1. The van der Waals surface area contributed by atoms with Crippen molar-refractivity contribution in [3.05, 3.63) is 53.9 Å². The molecule has 0 bridgehead atoms. The lowest BCUT2D eigenvalue weighted by molar-refractivity contribution is 0.0796. The topological polar surface area (TPSA) is 62.7 Å². The SMILES string of the molecule is COc1ccc(C(=O)N(C)CCc2ccncc2)cc1O. The number of amides is 1. The number of hydrogen-bond donors (Lipinski definition) is 1. The van der Waals surface area contributed by atoms with Crippen molar-refractivity contribution in [2.75, 3.05) is 20.7 Å². The van der Waals surface area contributed by atoms with E-state index in [1.54, 1.807) is 36.5 Å². The number of carbonyl (C=O) groups excluding carboxylic acids is 1. The van der Waals surface area contributed by atoms with Gasteiger partial charge in [0.15, 0.2) is 11.5 Å². The van der Waals surface area contributed by atoms with Gasteiger partial charge in [0.25, 0.3) is 5.91 Å². The lowest BCUT2D eigenvalue weighted by Gasteiger charge is -2.17. The van der Waals surface area contributed by atoms with Crippen LogP contribution in [0.4, 0.5) is 0 Å². The number of rotatable bonds is 5. The second kappa shape index (κ2) is 6.74. The fourth-order valence-electron chi connectivity index (χ4n) is 1.99. The van der Waals surface area contributed by atoms with Crippen LogP contribution >= 0.6 is 0 Å². The van der Waals surface area contributed by atoms with Crippen molar-refractivity contribution in [3.8, 4) is 11.5 Å². The van der Waals surface area contributed by atoms with Gasteiger partial charge in [-0.05, 0) is 42.3 Å². The molecule has 1 N–H and O–H groups in total. The molecule has 0 aliphatic heterocycles. The summed E-state index contributed by atoms with van der Waals surface area (Å²) in [5, 5.41) is 9.73. The Morgan fingerprint density at radius 3 is 2.62 bits per heavy atom. The summed E-state index contributed by atoms with van der Waals surface area (Å²) in [6, 6.07) is 8.50. The molecule has 0 atom stereocenters. The molecule has 2 aromatic rings. The van der Waals surface area contributed by atoms with Crippen LogP contribution < -0.4 is 4.74 Å². The van der Waals surface area contributed by atoms with E-state index in [1.807, 2.05) is 12.1 Å². The van der Waals surface area contributed by atoms with Crippen molar-refractivity contribution >= 4 is 5.91 Å². The van der Waals surface area contributed by atoms with Gasteiger partial charge in [-0.2, -0.15) is 0 Å². The Kier molecular flexibility index (Phi) is 4.77. The molecular weight excluding hydrogens is 268 g/mol. The highest BCUT2D eigenvalue weighted by atomic mass is 16.5. The lowest BCUT2D eigenvalue weighted by atomic mass is 10.1. The number of nitrogens with zero attached hydrogens (tertiary/aromatic N) is 2. The Morgan fingerprint density at radius 2 is 2.00 bits per heavy atom. The van der Waals surface area contributed by atoms with Crippen molar-refractivity contribution in [2.24, 2.45) is 0 Å². The summed E-state index contributed by atoms with van der Waals surface area (Å²) in [4.78, 5) is 17.9. The molecule has 1 heterocycles. The van der Waals surface area contributed by atoms with Crippen LogP contribution in [0.1, 0.15) is 15.9 Å². The molecule has 2 rings (SSSR count). The molecule has 0 fully saturated rings. The van der Waals surface area contributed by atoms with E-state index in [9.17, 15) is 9.90 Å². The second-order valence-corrected chi connectivity index (χ2v) is 4.72. The van der Waals surface area contributed by atoms with Crippen LogP contribution in [-0.4, -0.2) is 41.6 Å². The van der Waals surface area contributed by atoms with Crippen LogP contribution in [0, 0.1) is 0 Å². The molecule has 0 spiro atoms. The molecule has 5 heteroatoms. The maximum atomic E-state index is 12.3. The first-order chi connectivity index (χ1) is 10.1. The molecule has 1 aromatic heterocycles. The Bertz CT molecular complexity index is 614. The van der Waals surface area contributed by atoms with Gasteiger partial charge in [-0.15, -0.1) is 0 Å². The average Bonchev–Trinajstić information content (AvgIpc) is 2.52. The van der Waals surface area contributed by atoms with Crippen LogP contribution in [-0.2, 0) is 6.42 Å². The van der Waals surface area contributed by atoms with E-state index >= 15 is 0 Å². The van der Waals surface area contributed by atoms with Crippen molar-refractivity contribution in [1.82, 2.24) is 9.88 Å². The van der Waals surface area contributed by atoms with Crippen molar-refractivity contribution in [1.29, 1.82) is 0 Å². The molecule has 0 radical (unpaired) electrons. The third-order valence-electron chi connectivity index (χ3n) is 3.26. The minimum atomic E-state index is -0.137. The number of methoxy groups -OCH3 is 1. The van der Waals surface area contributed by atoms with Gasteiger partial charge < -0.3 is 14.7 Å². The quantitative estimate of drug-likeness (QED) is 0.914. The molecule has 0 saturated carbocycles. The van der Waals surface area contributed by atoms with E-state index in [2.05, 4.69) is 4.98 Å². The molecular formula is C16H18N2O3. The molecule has 0 aliphatic carbocycles.